The average Bonchev–Trinajstić information content (AvgIpc) is 2.93. The molecule has 1 aliphatic heterocycles. The Hall–Kier alpha value is -1.18. The van der Waals surface area contributed by atoms with Crippen molar-refractivity contribution in [2.75, 3.05) is 18.5 Å². The fraction of sp³-hybridized carbons (Fsp3) is 0.615. The molecule has 6 nitrogen and oxygen atoms in total. The Morgan fingerprint density at radius 1 is 1.45 bits per heavy atom. The predicted octanol–water partition coefficient (Wildman–Crippen LogP) is 1.57. The molecule has 2 rings (SSSR count). The Labute approximate surface area is 120 Å². The fourth-order valence-electron chi connectivity index (χ4n) is 2.77. The third-order valence-corrected chi connectivity index (χ3v) is 6.31. The summed E-state index contributed by atoms with van der Waals surface area (Å²) in [5, 5.41) is 0. The maximum atomic E-state index is 12.7. The van der Waals surface area contributed by atoms with Gasteiger partial charge >= 0.3 is 0 Å². The molecule has 0 saturated carbocycles. The largest absolute Gasteiger partial charge is 0.307 e. The third-order valence-electron chi connectivity index (χ3n) is 4.43. The van der Waals surface area contributed by atoms with E-state index >= 15 is 0 Å². The van der Waals surface area contributed by atoms with Gasteiger partial charge in [0.15, 0.2) is 5.82 Å². The zero-order valence-corrected chi connectivity index (χ0v) is 12.8. The van der Waals surface area contributed by atoms with Crippen molar-refractivity contribution in [2.45, 2.75) is 38.0 Å². The van der Waals surface area contributed by atoms with Crippen LogP contribution in [0.25, 0.3) is 0 Å². The van der Waals surface area contributed by atoms with Crippen LogP contribution in [0.3, 0.4) is 0 Å². The first kappa shape index (κ1) is 15.2. The van der Waals surface area contributed by atoms with Crippen molar-refractivity contribution in [2.24, 2.45) is 11.3 Å². The van der Waals surface area contributed by atoms with Gasteiger partial charge in [0.05, 0.1) is 0 Å². The Morgan fingerprint density at radius 3 is 2.70 bits per heavy atom. The van der Waals surface area contributed by atoms with Gasteiger partial charge < -0.3 is 5.43 Å². The first-order valence-corrected chi connectivity index (χ1v) is 8.35. The summed E-state index contributed by atoms with van der Waals surface area (Å²) in [6.45, 7) is 5.37. The predicted molar refractivity (Wildman–Crippen MR) is 78.4 cm³/mol. The number of sulfonamides is 1. The van der Waals surface area contributed by atoms with Gasteiger partial charge in [-0.05, 0) is 36.8 Å². The lowest BCUT2D eigenvalue weighted by atomic mass is 9.82. The second-order valence-corrected chi connectivity index (χ2v) is 7.20. The van der Waals surface area contributed by atoms with Crippen molar-refractivity contribution >= 4 is 15.8 Å². The molecule has 0 spiro atoms. The van der Waals surface area contributed by atoms with Gasteiger partial charge in [0.1, 0.15) is 4.90 Å². The molecule has 3 N–H and O–H groups in total. The van der Waals surface area contributed by atoms with Gasteiger partial charge in [-0.1, -0.05) is 13.8 Å². The van der Waals surface area contributed by atoms with E-state index in [1.807, 2.05) is 0 Å². The van der Waals surface area contributed by atoms with Crippen molar-refractivity contribution in [1.82, 2.24) is 9.29 Å². The van der Waals surface area contributed by atoms with Crippen LogP contribution in [0.4, 0.5) is 5.82 Å². The van der Waals surface area contributed by atoms with Crippen LogP contribution in [0.15, 0.2) is 23.2 Å². The number of anilines is 1. The molecule has 0 bridgehead atoms. The molecule has 1 saturated heterocycles. The highest BCUT2D eigenvalue weighted by atomic mass is 32.2. The average molecular weight is 298 g/mol. The van der Waals surface area contributed by atoms with Gasteiger partial charge in [-0.25, -0.2) is 19.2 Å². The molecule has 0 aliphatic carbocycles. The molecule has 0 amide bonds. The van der Waals surface area contributed by atoms with Crippen molar-refractivity contribution in [3.05, 3.63) is 18.3 Å². The monoisotopic (exact) mass is 298 g/mol. The van der Waals surface area contributed by atoms with Crippen LogP contribution in [0.1, 0.15) is 33.1 Å². The minimum Gasteiger partial charge on any atom is -0.307 e. The van der Waals surface area contributed by atoms with Crippen LogP contribution in [-0.4, -0.2) is 30.8 Å². The quantitative estimate of drug-likeness (QED) is 0.636. The standard InChI is InChI=1S/C13H22N4O2S/c1-3-13(4-2)7-9-17(10-13)20(18,19)11-6-5-8-15-12(11)16-14/h5-6,8H,3-4,7,9-10,14H2,1-2H3,(H,15,16). The second-order valence-electron chi connectivity index (χ2n) is 5.29. The van der Waals surface area contributed by atoms with Crippen LogP contribution >= 0.6 is 0 Å². The van der Waals surface area contributed by atoms with E-state index in [4.69, 9.17) is 5.84 Å². The van der Waals surface area contributed by atoms with Crippen molar-refractivity contribution in [1.29, 1.82) is 0 Å². The molecule has 20 heavy (non-hydrogen) atoms. The van der Waals surface area contributed by atoms with Crippen LogP contribution in [0, 0.1) is 5.41 Å². The molecule has 0 unspecified atom stereocenters. The summed E-state index contributed by atoms with van der Waals surface area (Å²) in [7, 11) is -3.54. The molecule has 2 heterocycles. The number of nitrogens with zero attached hydrogens (tertiary/aromatic N) is 2. The molecule has 1 aromatic rings. The highest BCUT2D eigenvalue weighted by molar-refractivity contribution is 7.89. The summed E-state index contributed by atoms with van der Waals surface area (Å²) < 4.78 is 27.0. The van der Waals surface area contributed by atoms with Crippen LogP contribution < -0.4 is 11.3 Å². The molecule has 112 valence electrons. The molecule has 0 aromatic carbocycles. The van der Waals surface area contributed by atoms with E-state index in [1.54, 1.807) is 10.4 Å². The SMILES string of the molecule is CCC1(CC)CCN(S(=O)(=O)c2cccnc2NN)C1. The molecular formula is C13H22N4O2S. The van der Waals surface area contributed by atoms with E-state index in [0.29, 0.717) is 13.1 Å². The number of nitrogens with one attached hydrogen (secondary N) is 1. The van der Waals surface area contributed by atoms with Gasteiger partial charge in [0, 0.05) is 19.3 Å². The summed E-state index contributed by atoms with van der Waals surface area (Å²) >= 11 is 0. The lowest BCUT2D eigenvalue weighted by Gasteiger charge is -2.26. The molecular weight excluding hydrogens is 276 g/mol. The smallest absolute Gasteiger partial charge is 0.246 e. The first-order chi connectivity index (χ1) is 9.49. The molecule has 1 aliphatic rings. The first-order valence-electron chi connectivity index (χ1n) is 6.91. The molecule has 7 heteroatoms. The van der Waals surface area contributed by atoms with E-state index < -0.39 is 10.0 Å². The number of rotatable bonds is 5. The highest BCUT2D eigenvalue weighted by Gasteiger charge is 2.41. The number of aromatic nitrogens is 1. The maximum Gasteiger partial charge on any atom is 0.246 e. The molecule has 0 atom stereocenters. The van der Waals surface area contributed by atoms with E-state index in [0.717, 1.165) is 19.3 Å². The van der Waals surface area contributed by atoms with Gasteiger partial charge in [-0.15, -0.1) is 0 Å². The van der Waals surface area contributed by atoms with Crippen molar-refractivity contribution in [3.63, 3.8) is 0 Å². The van der Waals surface area contributed by atoms with Crippen molar-refractivity contribution < 1.29 is 8.42 Å². The lowest BCUT2D eigenvalue weighted by Crippen LogP contribution is -2.32. The normalized spacial score (nSPS) is 19.1. The summed E-state index contributed by atoms with van der Waals surface area (Å²) in [5.41, 5.74) is 2.46. The van der Waals surface area contributed by atoms with Gasteiger partial charge in [-0.2, -0.15) is 4.31 Å². The maximum absolute atomic E-state index is 12.7. The Morgan fingerprint density at radius 2 is 2.15 bits per heavy atom. The zero-order chi connectivity index (χ0) is 14.8. The second kappa shape index (κ2) is 5.67. The molecule has 0 radical (unpaired) electrons. The van der Waals surface area contributed by atoms with Crippen LogP contribution in [0.2, 0.25) is 0 Å². The van der Waals surface area contributed by atoms with Gasteiger partial charge in [-0.3, -0.25) is 0 Å². The van der Waals surface area contributed by atoms with E-state index in [1.165, 1.54) is 12.3 Å². The van der Waals surface area contributed by atoms with Crippen molar-refractivity contribution in [3.8, 4) is 0 Å². The molecule has 1 aromatic heterocycles. The topological polar surface area (TPSA) is 88.3 Å². The van der Waals surface area contributed by atoms with E-state index in [9.17, 15) is 8.42 Å². The van der Waals surface area contributed by atoms with Crippen LogP contribution in [-0.2, 0) is 10.0 Å². The fourth-order valence-corrected chi connectivity index (χ4v) is 4.43. The number of pyridine rings is 1. The minimum atomic E-state index is -3.54. The number of hydrogen-bond donors (Lipinski definition) is 2. The summed E-state index contributed by atoms with van der Waals surface area (Å²) in [5.74, 6) is 5.55. The zero-order valence-electron chi connectivity index (χ0n) is 12.0. The third kappa shape index (κ3) is 2.53. The summed E-state index contributed by atoms with van der Waals surface area (Å²) in [6, 6.07) is 3.14. The number of nitrogens with two attached hydrogens (primary N) is 1. The summed E-state index contributed by atoms with van der Waals surface area (Å²) in [4.78, 5) is 4.11. The number of hydrogen-bond acceptors (Lipinski definition) is 5. The highest BCUT2D eigenvalue weighted by Crippen LogP contribution is 2.39. The number of nitrogen functional groups attached to an aromatic ring is 1. The van der Waals surface area contributed by atoms with Gasteiger partial charge in [0.25, 0.3) is 0 Å². The minimum absolute atomic E-state index is 0.103. The Bertz CT molecular complexity index is 569. The Kier molecular flexibility index (Phi) is 4.31. The van der Waals surface area contributed by atoms with E-state index in [-0.39, 0.29) is 16.1 Å². The Balaban J connectivity index is 2.33. The summed E-state index contributed by atoms with van der Waals surface area (Å²) in [6.07, 6.45) is 4.40. The van der Waals surface area contributed by atoms with E-state index in [2.05, 4.69) is 24.3 Å². The lowest BCUT2D eigenvalue weighted by molar-refractivity contribution is 0.279. The van der Waals surface area contributed by atoms with Gasteiger partial charge in [0.2, 0.25) is 10.0 Å². The molecule has 1 fully saturated rings. The van der Waals surface area contributed by atoms with Crippen LogP contribution in [0.5, 0.6) is 0 Å². The number of hydrazine groups is 1.